The molecule has 1 N–H and O–H groups in total. The fourth-order valence-electron chi connectivity index (χ4n) is 3.97. The van der Waals surface area contributed by atoms with Crippen molar-refractivity contribution in [2.24, 2.45) is 0 Å². The van der Waals surface area contributed by atoms with E-state index in [1.54, 1.807) is 38.5 Å². The number of hydrogen-bond donors (Lipinski definition) is 1. The third-order valence-electron chi connectivity index (χ3n) is 6.07. The Bertz CT molecular complexity index is 1520. The summed E-state index contributed by atoms with van der Waals surface area (Å²) in [4.78, 5) is 2.08. The number of aryl methyl sites for hydroxylation is 1. The third-order valence-corrected chi connectivity index (χ3v) is 7.45. The summed E-state index contributed by atoms with van der Waals surface area (Å²) in [5.74, 6) is 0.412. The normalized spacial score (nSPS) is 11.2. The molecule has 6 nitrogen and oxygen atoms in total. The Morgan fingerprint density at radius 3 is 1.81 bits per heavy atom. The van der Waals surface area contributed by atoms with E-state index in [4.69, 9.17) is 9.47 Å². The van der Waals surface area contributed by atoms with E-state index in [1.165, 1.54) is 24.3 Å². The van der Waals surface area contributed by atoms with Gasteiger partial charge in [0.2, 0.25) is 0 Å². The molecule has 0 aromatic heterocycles. The van der Waals surface area contributed by atoms with Crippen LogP contribution < -0.4 is 19.1 Å². The van der Waals surface area contributed by atoms with Gasteiger partial charge in [0.1, 0.15) is 17.3 Å². The maximum atomic E-state index is 15.1. The molecule has 0 aliphatic heterocycles. The van der Waals surface area contributed by atoms with Crippen LogP contribution in [0.2, 0.25) is 0 Å². The lowest BCUT2D eigenvalue weighted by molar-refractivity contribution is 0.406. The summed E-state index contributed by atoms with van der Waals surface area (Å²) in [5.41, 5.74) is 4.75. The zero-order valence-electron chi connectivity index (χ0n) is 21.4. The number of anilines is 2. The molecule has 192 valence electrons. The second-order valence-electron chi connectivity index (χ2n) is 8.81. The van der Waals surface area contributed by atoms with Gasteiger partial charge in [-0.05, 0) is 66.6 Å². The van der Waals surface area contributed by atoms with Crippen LogP contribution in [0.1, 0.15) is 5.56 Å². The Hall–Kier alpha value is -4.04. The van der Waals surface area contributed by atoms with Gasteiger partial charge in [-0.15, -0.1) is 0 Å². The summed E-state index contributed by atoms with van der Waals surface area (Å²) in [7, 11) is 3.14. The molecule has 4 rings (SSSR count). The van der Waals surface area contributed by atoms with Crippen LogP contribution in [0.15, 0.2) is 83.8 Å². The monoisotopic (exact) mass is 520 g/mol. The van der Waals surface area contributed by atoms with Crippen molar-refractivity contribution in [3.63, 3.8) is 0 Å². The lowest BCUT2D eigenvalue weighted by Gasteiger charge is -2.17. The number of rotatable bonds is 8. The van der Waals surface area contributed by atoms with Crippen LogP contribution in [0.3, 0.4) is 0 Å². The number of halogens is 1. The first kappa shape index (κ1) is 26.0. The van der Waals surface area contributed by atoms with Crippen LogP contribution in [0, 0.1) is 12.7 Å². The molecule has 4 aromatic rings. The highest BCUT2D eigenvalue weighted by atomic mass is 32.2. The lowest BCUT2D eigenvalue weighted by atomic mass is 9.97. The topological polar surface area (TPSA) is 67.9 Å². The number of sulfonamides is 1. The average molecular weight is 521 g/mol. The molecule has 8 heteroatoms. The van der Waals surface area contributed by atoms with Crippen molar-refractivity contribution in [2.75, 3.05) is 37.9 Å². The number of ether oxygens (including phenoxy) is 2. The van der Waals surface area contributed by atoms with Crippen molar-refractivity contribution in [3.05, 3.63) is 90.2 Å². The van der Waals surface area contributed by atoms with Crippen LogP contribution >= 0.6 is 0 Å². The van der Waals surface area contributed by atoms with Gasteiger partial charge in [-0.2, -0.15) is 0 Å². The van der Waals surface area contributed by atoms with Gasteiger partial charge in [0.05, 0.1) is 24.8 Å². The van der Waals surface area contributed by atoms with E-state index in [9.17, 15) is 8.42 Å². The molecule has 0 saturated heterocycles. The first-order valence-electron chi connectivity index (χ1n) is 11.6. The van der Waals surface area contributed by atoms with Crippen LogP contribution in [0.5, 0.6) is 11.5 Å². The summed E-state index contributed by atoms with van der Waals surface area (Å²) in [5, 5.41) is 0. The summed E-state index contributed by atoms with van der Waals surface area (Å²) in [6.45, 7) is 1.86. The maximum Gasteiger partial charge on any atom is 0.261 e. The minimum absolute atomic E-state index is 0.0576. The minimum Gasteiger partial charge on any atom is -0.496 e. The maximum absolute atomic E-state index is 15.1. The van der Waals surface area contributed by atoms with Crippen LogP contribution in [0.4, 0.5) is 15.8 Å². The Kier molecular flexibility index (Phi) is 7.40. The second-order valence-corrected chi connectivity index (χ2v) is 10.5. The van der Waals surface area contributed by atoms with Crippen molar-refractivity contribution in [3.8, 4) is 33.8 Å². The number of benzene rings is 4. The highest BCUT2D eigenvalue weighted by Crippen LogP contribution is 2.41. The van der Waals surface area contributed by atoms with Crippen molar-refractivity contribution in [2.45, 2.75) is 11.8 Å². The molecule has 0 bridgehead atoms. The first-order chi connectivity index (χ1) is 17.6. The fraction of sp³-hybridized carbons (Fsp3) is 0.172. The zero-order valence-corrected chi connectivity index (χ0v) is 22.2. The summed E-state index contributed by atoms with van der Waals surface area (Å²) in [6, 6.07) is 22.3. The molecule has 0 saturated carbocycles. The minimum atomic E-state index is -3.94. The highest BCUT2D eigenvalue weighted by molar-refractivity contribution is 7.92. The Morgan fingerprint density at radius 2 is 1.30 bits per heavy atom. The van der Waals surface area contributed by atoms with Gasteiger partial charge >= 0.3 is 0 Å². The van der Waals surface area contributed by atoms with Gasteiger partial charge in [0.25, 0.3) is 10.0 Å². The van der Waals surface area contributed by atoms with E-state index in [0.717, 1.165) is 22.4 Å². The molecule has 0 heterocycles. The molecule has 37 heavy (non-hydrogen) atoms. The van der Waals surface area contributed by atoms with Crippen LogP contribution in [-0.4, -0.2) is 36.7 Å². The van der Waals surface area contributed by atoms with Gasteiger partial charge in [-0.1, -0.05) is 35.9 Å². The molecule has 4 aromatic carbocycles. The van der Waals surface area contributed by atoms with Crippen molar-refractivity contribution in [1.29, 1.82) is 0 Å². The molecule has 0 aliphatic carbocycles. The second kappa shape index (κ2) is 10.5. The molecule has 0 unspecified atom stereocenters. The Morgan fingerprint density at radius 1 is 0.757 bits per heavy atom. The third kappa shape index (κ3) is 5.54. The van der Waals surface area contributed by atoms with Gasteiger partial charge < -0.3 is 14.4 Å². The number of nitrogens with one attached hydrogen (secondary N) is 1. The number of hydrogen-bond acceptors (Lipinski definition) is 5. The van der Waals surface area contributed by atoms with E-state index in [-0.39, 0.29) is 10.6 Å². The van der Waals surface area contributed by atoms with Crippen LogP contribution in [0.25, 0.3) is 22.3 Å². The van der Waals surface area contributed by atoms with Gasteiger partial charge in [-0.3, -0.25) is 4.72 Å². The van der Waals surface area contributed by atoms with Crippen molar-refractivity contribution in [1.82, 2.24) is 0 Å². The van der Waals surface area contributed by atoms with Crippen molar-refractivity contribution < 1.29 is 22.3 Å². The molecule has 0 fully saturated rings. The zero-order chi connectivity index (χ0) is 26.7. The van der Waals surface area contributed by atoms with E-state index >= 15 is 4.39 Å². The standard InChI is InChI=1S/C29H29FN2O4S/c1-19-6-13-23(14-7-19)37(33,34)31-27-15-10-21(16-26(27)30)25-18-28(35-4)24(17-29(25)36-5)20-8-11-22(12-9-20)32(2)3/h6-18,31H,1-5H3. The smallest absolute Gasteiger partial charge is 0.261 e. The predicted octanol–water partition coefficient (Wildman–Crippen LogP) is 6.35. The molecular weight excluding hydrogens is 491 g/mol. The Labute approximate surface area is 217 Å². The largest absolute Gasteiger partial charge is 0.496 e. The fourth-order valence-corrected chi connectivity index (χ4v) is 5.04. The molecule has 0 amide bonds. The van der Waals surface area contributed by atoms with Gasteiger partial charge in [-0.25, -0.2) is 12.8 Å². The summed E-state index contributed by atoms with van der Waals surface area (Å²) >= 11 is 0. The molecule has 0 radical (unpaired) electrons. The lowest BCUT2D eigenvalue weighted by Crippen LogP contribution is -2.14. The van der Waals surface area contributed by atoms with Gasteiger partial charge in [0, 0.05) is 30.9 Å². The quantitative estimate of drug-likeness (QED) is 0.293. The average Bonchev–Trinajstić information content (AvgIpc) is 2.89. The SMILES string of the molecule is COc1cc(-c2ccc(NS(=O)(=O)c3ccc(C)cc3)c(F)c2)c(OC)cc1-c1ccc(N(C)C)cc1. The van der Waals surface area contributed by atoms with Crippen molar-refractivity contribution >= 4 is 21.4 Å². The molecule has 0 atom stereocenters. The summed E-state index contributed by atoms with van der Waals surface area (Å²) in [6.07, 6.45) is 0. The molecular formula is C29H29FN2O4S. The van der Waals surface area contributed by atoms with E-state index in [0.29, 0.717) is 22.6 Å². The summed E-state index contributed by atoms with van der Waals surface area (Å²) < 4.78 is 54.2. The van der Waals surface area contributed by atoms with Crippen LogP contribution in [-0.2, 0) is 10.0 Å². The highest BCUT2D eigenvalue weighted by Gasteiger charge is 2.19. The Balaban J connectivity index is 1.69. The molecule has 0 spiro atoms. The van der Waals surface area contributed by atoms with E-state index < -0.39 is 15.8 Å². The molecule has 0 aliphatic rings. The number of methoxy groups -OCH3 is 2. The van der Waals surface area contributed by atoms with E-state index in [2.05, 4.69) is 4.72 Å². The predicted molar refractivity (Wildman–Crippen MR) is 147 cm³/mol. The first-order valence-corrected chi connectivity index (χ1v) is 13.0. The van der Waals surface area contributed by atoms with Gasteiger partial charge in [0.15, 0.2) is 0 Å². The van der Waals surface area contributed by atoms with E-state index in [1.807, 2.05) is 56.3 Å². The number of nitrogens with zero attached hydrogens (tertiary/aromatic N) is 1.